The molecular formula is C23H28ClF3N2O4S. The number of aliphatic hydroxyl groups is 1. The average Bonchev–Trinajstić information content (AvgIpc) is 3.26. The SMILES string of the molecule is Cc1c(-c2ccc(Cl)cc2)c(C(=O)N(C)CCS(C)(=O)=O)n(CC2(O)CCCC2)c1C(F)(F)F. The van der Waals surface area contributed by atoms with Crippen molar-refractivity contribution in [3.8, 4) is 11.1 Å². The molecule has 0 spiro atoms. The number of sulfone groups is 1. The summed E-state index contributed by atoms with van der Waals surface area (Å²) in [5.74, 6) is -1.09. The van der Waals surface area contributed by atoms with Crippen molar-refractivity contribution in [2.24, 2.45) is 0 Å². The van der Waals surface area contributed by atoms with Crippen molar-refractivity contribution in [3.63, 3.8) is 0 Å². The van der Waals surface area contributed by atoms with E-state index in [1.54, 1.807) is 0 Å². The maximum absolute atomic E-state index is 14.3. The van der Waals surface area contributed by atoms with E-state index in [1.165, 1.54) is 38.2 Å². The van der Waals surface area contributed by atoms with Crippen LogP contribution < -0.4 is 0 Å². The Kier molecular flexibility index (Phi) is 7.46. The molecule has 3 rings (SSSR count). The first kappa shape index (κ1) is 26.6. The lowest BCUT2D eigenvalue weighted by atomic mass is 10.00. The number of hydrogen-bond acceptors (Lipinski definition) is 4. The minimum Gasteiger partial charge on any atom is -0.388 e. The lowest BCUT2D eigenvalue weighted by Gasteiger charge is -2.27. The summed E-state index contributed by atoms with van der Waals surface area (Å²) < 4.78 is 67.1. The summed E-state index contributed by atoms with van der Waals surface area (Å²) in [5, 5.41) is 11.4. The fourth-order valence-corrected chi connectivity index (χ4v) is 5.26. The minimum absolute atomic E-state index is 0.0850. The van der Waals surface area contributed by atoms with Gasteiger partial charge < -0.3 is 14.6 Å². The summed E-state index contributed by atoms with van der Waals surface area (Å²) in [5.41, 5.74) is -2.30. The summed E-state index contributed by atoms with van der Waals surface area (Å²) in [6, 6.07) is 6.11. The highest BCUT2D eigenvalue weighted by Gasteiger charge is 2.44. The quantitative estimate of drug-likeness (QED) is 0.580. The second-order valence-corrected chi connectivity index (χ2v) is 11.8. The van der Waals surface area contributed by atoms with Gasteiger partial charge in [0.15, 0.2) is 0 Å². The predicted molar refractivity (Wildman–Crippen MR) is 125 cm³/mol. The van der Waals surface area contributed by atoms with Gasteiger partial charge in [-0.15, -0.1) is 0 Å². The largest absolute Gasteiger partial charge is 0.431 e. The number of benzene rings is 1. The van der Waals surface area contributed by atoms with Gasteiger partial charge in [0, 0.05) is 30.4 Å². The molecule has 1 aromatic carbocycles. The molecule has 0 aliphatic heterocycles. The van der Waals surface area contributed by atoms with E-state index in [0.717, 1.165) is 15.7 Å². The monoisotopic (exact) mass is 520 g/mol. The van der Waals surface area contributed by atoms with Crippen LogP contribution in [0.1, 0.15) is 47.4 Å². The van der Waals surface area contributed by atoms with E-state index >= 15 is 0 Å². The first-order valence-corrected chi connectivity index (χ1v) is 13.3. The highest BCUT2D eigenvalue weighted by atomic mass is 35.5. The van der Waals surface area contributed by atoms with Crippen LogP contribution in [-0.2, 0) is 22.6 Å². The molecule has 0 radical (unpaired) electrons. The second-order valence-electron chi connectivity index (χ2n) is 9.08. The Morgan fingerprint density at radius 3 is 2.26 bits per heavy atom. The van der Waals surface area contributed by atoms with E-state index in [-0.39, 0.29) is 29.1 Å². The molecule has 1 saturated carbocycles. The number of hydrogen-bond donors (Lipinski definition) is 1. The maximum atomic E-state index is 14.3. The van der Waals surface area contributed by atoms with Crippen molar-refractivity contribution in [1.82, 2.24) is 9.47 Å². The third-order valence-electron chi connectivity index (χ3n) is 6.24. The molecule has 0 saturated heterocycles. The van der Waals surface area contributed by atoms with Crippen LogP contribution in [0.5, 0.6) is 0 Å². The number of alkyl halides is 3. The molecule has 1 aliphatic rings. The van der Waals surface area contributed by atoms with E-state index in [4.69, 9.17) is 11.6 Å². The number of amides is 1. The van der Waals surface area contributed by atoms with E-state index in [2.05, 4.69) is 0 Å². The number of aromatic nitrogens is 1. The predicted octanol–water partition coefficient (Wildman–Crippen LogP) is 4.56. The molecule has 6 nitrogen and oxygen atoms in total. The summed E-state index contributed by atoms with van der Waals surface area (Å²) in [6.45, 7) is 0.722. The lowest BCUT2D eigenvalue weighted by molar-refractivity contribution is -0.145. The molecular weight excluding hydrogens is 493 g/mol. The molecule has 1 amide bonds. The van der Waals surface area contributed by atoms with Gasteiger partial charge in [-0.2, -0.15) is 13.2 Å². The van der Waals surface area contributed by atoms with Gasteiger partial charge in [0.05, 0.1) is 17.9 Å². The van der Waals surface area contributed by atoms with Gasteiger partial charge in [-0.1, -0.05) is 36.6 Å². The van der Waals surface area contributed by atoms with Gasteiger partial charge in [0.2, 0.25) is 0 Å². The second kappa shape index (κ2) is 9.54. The fourth-order valence-electron chi connectivity index (χ4n) is 4.53. The smallest absolute Gasteiger partial charge is 0.388 e. The topological polar surface area (TPSA) is 79.6 Å². The van der Waals surface area contributed by atoms with Crippen molar-refractivity contribution in [2.75, 3.05) is 25.6 Å². The Hall–Kier alpha value is -2.04. The number of rotatable bonds is 7. The summed E-state index contributed by atoms with van der Waals surface area (Å²) >= 11 is 5.97. The molecule has 1 fully saturated rings. The standard InChI is InChI=1S/C23H28ClF3N2O4S/c1-15-18(16-6-8-17(24)9-7-16)19(21(30)28(2)12-13-34(3,32)33)29(20(15)23(25,26)27)14-22(31)10-4-5-11-22/h6-9,31H,4-5,10-14H2,1-3H3. The molecule has 1 aliphatic carbocycles. The van der Waals surface area contributed by atoms with Gasteiger partial charge in [-0.3, -0.25) is 4.79 Å². The van der Waals surface area contributed by atoms with E-state index in [1.807, 2.05) is 0 Å². The van der Waals surface area contributed by atoms with Crippen LogP contribution in [0.25, 0.3) is 11.1 Å². The highest BCUT2D eigenvalue weighted by molar-refractivity contribution is 7.90. The third kappa shape index (κ3) is 5.78. The third-order valence-corrected chi connectivity index (χ3v) is 7.42. The molecule has 1 N–H and O–H groups in total. The molecule has 0 unspecified atom stereocenters. The summed E-state index contributed by atoms with van der Waals surface area (Å²) in [4.78, 5) is 14.7. The van der Waals surface area contributed by atoms with Crippen molar-refractivity contribution in [3.05, 3.63) is 46.2 Å². The number of carbonyl (C=O) groups excluding carboxylic acids is 1. The Labute approximate surface area is 202 Å². The van der Waals surface area contributed by atoms with Crippen LogP contribution in [-0.4, -0.2) is 60.1 Å². The Bertz CT molecular complexity index is 1170. The Balaban J connectivity index is 2.25. The van der Waals surface area contributed by atoms with Crippen molar-refractivity contribution < 1.29 is 31.5 Å². The molecule has 2 aromatic rings. The minimum atomic E-state index is -4.79. The highest BCUT2D eigenvalue weighted by Crippen LogP contribution is 2.43. The van der Waals surface area contributed by atoms with Gasteiger partial charge in [-0.05, 0) is 43.0 Å². The zero-order chi connectivity index (χ0) is 25.5. The van der Waals surface area contributed by atoms with Crippen molar-refractivity contribution in [1.29, 1.82) is 0 Å². The molecule has 34 heavy (non-hydrogen) atoms. The molecule has 0 atom stereocenters. The Morgan fingerprint density at radius 2 is 1.76 bits per heavy atom. The number of nitrogens with zero attached hydrogens (tertiary/aromatic N) is 2. The Morgan fingerprint density at radius 1 is 1.21 bits per heavy atom. The molecule has 188 valence electrons. The van der Waals surface area contributed by atoms with Gasteiger partial charge in [0.25, 0.3) is 5.91 Å². The molecule has 1 aromatic heterocycles. The maximum Gasteiger partial charge on any atom is 0.431 e. The van der Waals surface area contributed by atoms with E-state index in [9.17, 15) is 31.5 Å². The van der Waals surface area contributed by atoms with Crippen molar-refractivity contribution >= 4 is 27.3 Å². The van der Waals surface area contributed by atoms with E-state index in [0.29, 0.717) is 36.3 Å². The number of carbonyl (C=O) groups is 1. The fraction of sp³-hybridized carbons (Fsp3) is 0.522. The van der Waals surface area contributed by atoms with Crippen LogP contribution in [0.3, 0.4) is 0 Å². The zero-order valence-electron chi connectivity index (χ0n) is 19.2. The van der Waals surface area contributed by atoms with Gasteiger partial charge >= 0.3 is 6.18 Å². The van der Waals surface area contributed by atoms with Crippen LogP contribution in [0.4, 0.5) is 13.2 Å². The van der Waals surface area contributed by atoms with Crippen LogP contribution >= 0.6 is 11.6 Å². The summed E-state index contributed by atoms with van der Waals surface area (Å²) in [6.07, 6.45) is -1.75. The molecule has 1 heterocycles. The lowest BCUT2D eigenvalue weighted by Crippen LogP contribution is -2.37. The van der Waals surface area contributed by atoms with Crippen LogP contribution in [0, 0.1) is 6.92 Å². The van der Waals surface area contributed by atoms with Gasteiger partial charge in [-0.25, -0.2) is 8.42 Å². The van der Waals surface area contributed by atoms with Crippen LogP contribution in [0.2, 0.25) is 5.02 Å². The molecule has 0 bridgehead atoms. The first-order chi connectivity index (χ1) is 15.6. The zero-order valence-corrected chi connectivity index (χ0v) is 20.8. The molecule has 11 heteroatoms. The van der Waals surface area contributed by atoms with Gasteiger partial charge in [0.1, 0.15) is 21.2 Å². The number of halogens is 4. The summed E-state index contributed by atoms with van der Waals surface area (Å²) in [7, 11) is -2.05. The average molecular weight is 521 g/mol. The normalized spacial score (nSPS) is 16.1. The van der Waals surface area contributed by atoms with E-state index < -0.39 is 39.8 Å². The first-order valence-electron chi connectivity index (χ1n) is 10.8. The van der Waals surface area contributed by atoms with Crippen LogP contribution in [0.15, 0.2) is 24.3 Å². The van der Waals surface area contributed by atoms with Crippen molar-refractivity contribution in [2.45, 2.75) is 50.9 Å².